The van der Waals surface area contributed by atoms with Gasteiger partial charge in [0.2, 0.25) is 5.95 Å². The summed E-state index contributed by atoms with van der Waals surface area (Å²) in [6.07, 6.45) is 11.0. The molecule has 0 unspecified atom stereocenters. The third-order valence-electron chi connectivity index (χ3n) is 6.65. The summed E-state index contributed by atoms with van der Waals surface area (Å²) >= 11 is 6.36. The molecule has 10 heteroatoms. The van der Waals surface area contributed by atoms with Crippen LogP contribution in [0, 0.1) is 0 Å². The molecule has 4 N–H and O–H groups in total. The Kier molecular flexibility index (Phi) is 9.04. The highest BCUT2D eigenvalue weighted by molar-refractivity contribution is 6.31. The van der Waals surface area contributed by atoms with Crippen LogP contribution in [0.1, 0.15) is 63.0 Å². The zero-order valence-corrected chi connectivity index (χ0v) is 20.9. The number of rotatable bonds is 6. The maximum absolute atomic E-state index is 6.36. The molecule has 0 bridgehead atoms. The predicted octanol–water partition coefficient (Wildman–Crippen LogP) is 5.73. The van der Waals surface area contributed by atoms with E-state index in [2.05, 4.69) is 15.2 Å². The van der Waals surface area contributed by atoms with Crippen LogP contribution in [0.5, 0.6) is 0 Å². The van der Waals surface area contributed by atoms with Crippen LogP contribution in [0.3, 0.4) is 0 Å². The Hall–Kier alpha value is -1.80. The number of imidazole rings is 1. The normalized spacial score (nSPS) is 20.8. The van der Waals surface area contributed by atoms with E-state index in [0.29, 0.717) is 30.6 Å². The van der Waals surface area contributed by atoms with Crippen LogP contribution in [-0.2, 0) is 6.54 Å². The quantitative estimate of drug-likeness (QED) is 0.390. The highest BCUT2D eigenvalue weighted by atomic mass is 35.5. The predicted molar refractivity (Wildman–Crippen MR) is 140 cm³/mol. The van der Waals surface area contributed by atoms with Crippen LogP contribution in [0.4, 0.5) is 11.8 Å². The maximum Gasteiger partial charge on any atom is 0.227 e. The average molecular weight is 513 g/mol. The molecule has 2 heterocycles. The van der Waals surface area contributed by atoms with Gasteiger partial charge in [-0.25, -0.2) is 4.98 Å². The van der Waals surface area contributed by atoms with E-state index in [1.807, 2.05) is 30.6 Å². The molecule has 2 aliphatic carbocycles. The Morgan fingerprint density at radius 3 is 2.45 bits per heavy atom. The standard InChI is InChI=1S/C23H30ClN7.2ClH/c24-19-8-4-1-5-15(19)13-26-21-20-22(31(14-27-20)18-6-2-3-7-18)30-23(29-21)28-17-11-9-16(25)10-12-17;;/h1,4-5,8,14,16-18H,2-3,6-7,9-13,25H2,(H2,26,28,29,30);2*1H. The van der Waals surface area contributed by atoms with Gasteiger partial charge in [-0.15, -0.1) is 24.8 Å². The van der Waals surface area contributed by atoms with Crippen molar-refractivity contribution in [3.05, 3.63) is 41.2 Å². The molecule has 180 valence electrons. The van der Waals surface area contributed by atoms with E-state index in [9.17, 15) is 0 Å². The van der Waals surface area contributed by atoms with Crippen molar-refractivity contribution in [3.8, 4) is 0 Å². The second-order valence-corrected chi connectivity index (χ2v) is 9.27. The van der Waals surface area contributed by atoms with Crippen molar-refractivity contribution in [2.75, 3.05) is 10.6 Å². The fourth-order valence-electron chi connectivity index (χ4n) is 4.82. The molecular weight excluding hydrogens is 481 g/mol. The Balaban J connectivity index is 0.00000153. The number of nitrogens with two attached hydrogens (primary N) is 1. The van der Waals surface area contributed by atoms with Gasteiger partial charge in [-0.3, -0.25) is 0 Å². The minimum atomic E-state index is 0. The van der Waals surface area contributed by atoms with E-state index in [4.69, 9.17) is 32.3 Å². The molecule has 2 fully saturated rings. The smallest absolute Gasteiger partial charge is 0.227 e. The molecule has 2 aliphatic rings. The molecule has 0 atom stereocenters. The van der Waals surface area contributed by atoms with E-state index in [0.717, 1.165) is 53.3 Å². The van der Waals surface area contributed by atoms with Crippen molar-refractivity contribution in [3.63, 3.8) is 0 Å². The molecule has 2 saturated carbocycles. The van der Waals surface area contributed by atoms with Gasteiger partial charge in [-0.05, 0) is 50.2 Å². The first kappa shape index (κ1) is 25.8. The van der Waals surface area contributed by atoms with Crippen molar-refractivity contribution in [2.24, 2.45) is 5.73 Å². The zero-order valence-electron chi connectivity index (χ0n) is 18.5. The second-order valence-electron chi connectivity index (χ2n) is 8.86. The Morgan fingerprint density at radius 2 is 1.73 bits per heavy atom. The number of anilines is 2. The number of hydrogen-bond acceptors (Lipinski definition) is 6. The third-order valence-corrected chi connectivity index (χ3v) is 7.02. The van der Waals surface area contributed by atoms with E-state index < -0.39 is 0 Å². The molecule has 5 rings (SSSR count). The number of fused-ring (bicyclic) bond motifs is 1. The molecule has 0 aliphatic heterocycles. The first-order valence-corrected chi connectivity index (χ1v) is 11.8. The van der Waals surface area contributed by atoms with Gasteiger partial charge in [0, 0.05) is 29.7 Å². The summed E-state index contributed by atoms with van der Waals surface area (Å²) in [4.78, 5) is 14.4. The Labute approximate surface area is 212 Å². The summed E-state index contributed by atoms with van der Waals surface area (Å²) in [5.74, 6) is 1.41. The lowest BCUT2D eigenvalue weighted by Gasteiger charge is -2.27. The first-order valence-electron chi connectivity index (χ1n) is 11.4. The van der Waals surface area contributed by atoms with Gasteiger partial charge in [0.05, 0.1) is 6.33 Å². The van der Waals surface area contributed by atoms with Crippen LogP contribution >= 0.6 is 36.4 Å². The fourth-order valence-corrected chi connectivity index (χ4v) is 5.02. The lowest BCUT2D eigenvalue weighted by Crippen LogP contribution is -2.33. The van der Waals surface area contributed by atoms with E-state index in [1.165, 1.54) is 25.7 Å². The lowest BCUT2D eigenvalue weighted by molar-refractivity contribution is 0.410. The second kappa shape index (κ2) is 11.6. The summed E-state index contributed by atoms with van der Waals surface area (Å²) in [5, 5.41) is 7.77. The van der Waals surface area contributed by atoms with E-state index in [-0.39, 0.29) is 24.8 Å². The number of nitrogens with zero attached hydrogens (tertiary/aromatic N) is 4. The summed E-state index contributed by atoms with van der Waals surface area (Å²) in [6.45, 7) is 0.583. The van der Waals surface area contributed by atoms with Crippen molar-refractivity contribution in [1.82, 2.24) is 19.5 Å². The van der Waals surface area contributed by atoms with Gasteiger partial charge in [0.25, 0.3) is 0 Å². The highest BCUT2D eigenvalue weighted by Gasteiger charge is 2.23. The summed E-state index contributed by atoms with van der Waals surface area (Å²) in [6, 6.07) is 9.01. The number of benzene rings is 1. The molecule has 7 nitrogen and oxygen atoms in total. The molecule has 0 radical (unpaired) electrons. The minimum absolute atomic E-state index is 0. The summed E-state index contributed by atoms with van der Waals surface area (Å²) in [7, 11) is 0. The van der Waals surface area contributed by atoms with E-state index in [1.54, 1.807) is 0 Å². The molecule has 2 aromatic heterocycles. The SMILES string of the molecule is Cl.Cl.NC1CCC(Nc2nc(NCc3ccccc3Cl)c3ncn(C4CCCC4)c3n2)CC1. The molecule has 3 aromatic rings. The fraction of sp³-hybridized carbons (Fsp3) is 0.522. The number of hydrogen-bond donors (Lipinski definition) is 3. The first-order chi connectivity index (χ1) is 15.2. The van der Waals surface area contributed by atoms with Crippen LogP contribution in [0.25, 0.3) is 11.2 Å². The number of nitrogens with one attached hydrogen (secondary N) is 2. The largest absolute Gasteiger partial charge is 0.364 e. The molecule has 0 spiro atoms. The van der Waals surface area contributed by atoms with Gasteiger partial charge in [0.1, 0.15) is 0 Å². The zero-order chi connectivity index (χ0) is 21.2. The van der Waals surface area contributed by atoms with E-state index >= 15 is 0 Å². The van der Waals surface area contributed by atoms with Crippen LogP contribution in [0.2, 0.25) is 5.02 Å². The van der Waals surface area contributed by atoms with Gasteiger partial charge >= 0.3 is 0 Å². The lowest BCUT2D eigenvalue weighted by atomic mass is 9.92. The van der Waals surface area contributed by atoms with Crippen molar-refractivity contribution >= 4 is 59.3 Å². The van der Waals surface area contributed by atoms with Gasteiger partial charge in [-0.1, -0.05) is 42.6 Å². The van der Waals surface area contributed by atoms with Crippen LogP contribution in [-0.4, -0.2) is 31.6 Å². The topological polar surface area (TPSA) is 93.7 Å². The van der Waals surface area contributed by atoms with Gasteiger partial charge in [-0.2, -0.15) is 9.97 Å². The van der Waals surface area contributed by atoms with Crippen molar-refractivity contribution < 1.29 is 0 Å². The third kappa shape index (κ3) is 5.83. The number of halogens is 3. The van der Waals surface area contributed by atoms with Gasteiger partial charge in [0.15, 0.2) is 17.0 Å². The minimum Gasteiger partial charge on any atom is -0.364 e. The summed E-state index contributed by atoms with van der Waals surface area (Å²) in [5.41, 5.74) is 8.83. The Bertz CT molecular complexity index is 1040. The monoisotopic (exact) mass is 511 g/mol. The Morgan fingerprint density at radius 1 is 1.00 bits per heavy atom. The molecule has 0 saturated heterocycles. The van der Waals surface area contributed by atoms with Gasteiger partial charge < -0.3 is 20.9 Å². The molecule has 33 heavy (non-hydrogen) atoms. The number of aromatic nitrogens is 4. The molecular formula is C23H32Cl3N7. The molecule has 1 aromatic carbocycles. The molecule has 0 amide bonds. The average Bonchev–Trinajstić information content (AvgIpc) is 3.44. The highest BCUT2D eigenvalue weighted by Crippen LogP contribution is 2.33. The van der Waals surface area contributed by atoms with Crippen LogP contribution in [0.15, 0.2) is 30.6 Å². The van der Waals surface area contributed by atoms with Crippen molar-refractivity contribution in [2.45, 2.75) is 76.0 Å². The summed E-state index contributed by atoms with van der Waals surface area (Å²) < 4.78 is 2.24. The van der Waals surface area contributed by atoms with Crippen molar-refractivity contribution in [1.29, 1.82) is 0 Å². The van der Waals surface area contributed by atoms with Crippen LogP contribution < -0.4 is 16.4 Å². The maximum atomic E-state index is 6.36.